The van der Waals surface area contributed by atoms with Gasteiger partial charge >= 0.3 is 5.97 Å². The Morgan fingerprint density at radius 1 is 1.11 bits per heavy atom. The average Bonchev–Trinajstić information content (AvgIpc) is 3.05. The number of carbonyl (C=O) groups excluding carboxylic acids is 1. The number of carbonyl (C=O) groups is 2. The summed E-state index contributed by atoms with van der Waals surface area (Å²) in [6.07, 6.45) is 8.02. The van der Waals surface area contributed by atoms with E-state index in [0.717, 1.165) is 25.7 Å². The van der Waals surface area contributed by atoms with Crippen molar-refractivity contribution >= 4 is 11.9 Å². The largest absolute Gasteiger partial charge is 0.481 e. The van der Waals surface area contributed by atoms with Gasteiger partial charge in [-0.05, 0) is 25.7 Å². The minimum absolute atomic E-state index is 0.0839. The van der Waals surface area contributed by atoms with Crippen LogP contribution in [0.5, 0.6) is 0 Å². The lowest BCUT2D eigenvalue weighted by Crippen LogP contribution is -2.45. The summed E-state index contributed by atoms with van der Waals surface area (Å²) >= 11 is 0. The van der Waals surface area contributed by atoms with Crippen LogP contribution in [0.15, 0.2) is 0 Å². The molecule has 0 spiro atoms. The molecule has 0 radical (unpaired) electrons. The van der Waals surface area contributed by atoms with Gasteiger partial charge < -0.3 is 15.7 Å². The smallest absolute Gasteiger partial charge is 0.311 e. The zero-order valence-electron chi connectivity index (χ0n) is 11.4. The molecule has 0 saturated heterocycles. The van der Waals surface area contributed by atoms with E-state index < -0.39 is 11.4 Å². The molecule has 2 saturated carbocycles. The quantitative estimate of drug-likeness (QED) is 0.678. The van der Waals surface area contributed by atoms with Crippen LogP contribution >= 0.6 is 0 Å². The van der Waals surface area contributed by atoms with Crippen molar-refractivity contribution in [2.75, 3.05) is 13.1 Å². The number of rotatable bonds is 6. The molecule has 0 aromatic carbocycles. The van der Waals surface area contributed by atoms with Crippen LogP contribution in [0.25, 0.3) is 0 Å². The lowest BCUT2D eigenvalue weighted by molar-refractivity contribution is -0.148. The van der Waals surface area contributed by atoms with Crippen molar-refractivity contribution in [1.82, 2.24) is 10.6 Å². The van der Waals surface area contributed by atoms with Gasteiger partial charge in [-0.3, -0.25) is 9.59 Å². The predicted octanol–water partition coefficient (Wildman–Crippen LogP) is 1.28. The van der Waals surface area contributed by atoms with Crippen LogP contribution in [0.1, 0.15) is 51.4 Å². The lowest BCUT2D eigenvalue weighted by atomic mass is 9.86. The molecule has 0 aliphatic heterocycles. The minimum Gasteiger partial charge on any atom is -0.481 e. The molecule has 5 nitrogen and oxygen atoms in total. The van der Waals surface area contributed by atoms with Crippen molar-refractivity contribution in [3.05, 3.63) is 0 Å². The Bertz CT molecular complexity index is 332. The first-order valence-corrected chi connectivity index (χ1v) is 7.36. The maximum atomic E-state index is 11.8. The van der Waals surface area contributed by atoms with Gasteiger partial charge in [-0.1, -0.05) is 25.7 Å². The summed E-state index contributed by atoms with van der Waals surface area (Å²) in [7, 11) is 0. The number of nitrogens with one attached hydrogen (secondary N) is 2. The first kappa shape index (κ1) is 14.3. The molecule has 0 bridgehead atoms. The monoisotopic (exact) mass is 268 g/mol. The molecule has 3 N–H and O–H groups in total. The molecule has 0 heterocycles. The van der Waals surface area contributed by atoms with Gasteiger partial charge in [-0.15, -0.1) is 0 Å². The Morgan fingerprint density at radius 2 is 1.74 bits per heavy atom. The molecule has 2 fully saturated rings. The van der Waals surface area contributed by atoms with Crippen LogP contribution in [-0.4, -0.2) is 36.1 Å². The number of hydrogen-bond acceptors (Lipinski definition) is 3. The third kappa shape index (κ3) is 3.69. The van der Waals surface area contributed by atoms with E-state index in [9.17, 15) is 14.7 Å². The van der Waals surface area contributed by atoms with E-state index in [1.165, 1.54) is 12.8 Å². The van der Waals surface area contributed by atoms with Crippen LogP contribution in [-0.2, 0) is 9.59 Å². The fourth-order valence-electron chi connectivity index (χ4n) is 3.22. The normalized spacial score (nSPS) is 22.5. The number of carboxylic acids is 1. The molecule has 0 aromatic heterocycles. The van der Waals surface area contributed by atoms with Gasteiger partial charge in [0.05, 0.1) is 12.0 Å². The molecule has 108 valence electrons. The molecule has 19 heavy (non-hydrogen) atoms. The zero-order valence-corrected chi connectivity index (χ0v) is 11.4. The summed E-state index contributed by atoms with van der Waals surface area (Å²) in [5.74, 6) is -0.853. The summed E-state index contributed by atoms with van der Waals surface area (Å²) in [6.45, 7) is 0.577. The second kappa shape index (κ2) is 6.37. The highest BCUT2D eigenvalue weighted by Crippen LogP contribution is 2.37. The predicted molar refractivity (Wildman–Crippen MR) is 71.8 cm³/mol. The van der Waals surface area contributed by atoms with E-state index in [4.69, 9.17) is 0 Å². The van der Waals surface area contributed by atoms with E-state index in [2.05, 4.69) is 10.6 Å². The highest BCUT2D eigenvalue weighted by molar-refractivity contribution is 5.80. The van der Waals surface area contributed by atoms with Crippen LogP contribution < -0.4 is 10.6 Å². The van der Waals surface area contributed by atoms with Gasteiger partial charge in [0.1, 0.15) is 0 Å². The lowest BCUT2D eigenvalue weighted by Gasteiger charge is -2.24. The number of carboxylic acid groups (broad SMARTS) is 1. The molecule has 2 aliphatic rings. The van der Waals surface area contributed by atoms with Gasteiger partial charge in [-0.2, -0.15) is 0 Å². The van der Waals surface area contributed by atoms with E-state index in [-0.39, 0.29) is 12.5 Å². The third-order valence-electron chi connectivity index (χ3n) is 4.54. The van der Waals surface area contributed by atoms with Gasteiger partial charge in [0.25, 0.3) is 0 Å². The van der Waals surface area contributed by atoms with E-state index in [1.807, 2.05) is 0 Å². The molecule has 0 aromatic rings. The van der Waals surface area contributed by atoms with Crippen LogP contribution in [0.2, 0.25) is 0 Å². The van der Waals surface area contributed by atoms with E-state index in [1.54, 1.807) is 0 Å². The first-order chi connectivity index (χ1) is 9.12. The highest BCUT2D eigenvalue weighted by Gasteiger charge is 2.41. The van der Waals surface area contributed by atoms with Crippen molar-refractivity contribution in [3.8, 4) is 0 Å². The fraction of sp³-hybridized carbons (Fsp3) is 0.857. The SMILES string of the molecule is O=C(CNC1CCCC1)NCC1(C(=O)O)CCCC1. The average molecular weight is 268 g/mol. The molecule has 2 rings (SSSR count). The fourth-order valence-corrected chi connectivity index (χ4v) is 3.22. The summed E-state index contributed by atoms with van der Waals surface area (Å²) in [6, 6.07) is 0.464. The van der Waals surface area contributed by atoms with Gasteiger partial charge in [-0.25, -0.2) is 0 Å². The Kier molecular flexibility index (Phi) is 4.80. The number of aliphatic carboxylic acids is 1. The number of hydrogen-bond donors (Lipinski definition) is 3. The maximum Gasteiger partial charge on any atom is 0.311 e. The number of amides is 1. The van der Waals surface area contributed by atoms with Crippen molar-refractivity contribution in [2.24, 2.45) is 5.41 Å². The summed E-state index contributed by atoms with van der Waals surface area (Å²) in [5, 5.41) is 15.3. The zero-order chi connectivity index (χ0) is 13.7. The maximum absolute atomic E-state index is 11.8. The molecular formula is C14H24N2O3. The van der Waals surface area contributed by atoms with Crippen molar-refractivity contribution in [2.45, 2.75) is 57.4 Å². The first-order valence-electron chi connectivity index (χ1n) is 7.36. The Morgan fingerprint density at radius 3 is 2.32 bits per heavy atom. The molecule has 0 unspecified atom stereocenters. The highest BCUT2D eigenvalue weighted by atomic mass is 16.4. The molecule has 0 atom stereocenters. The molecule has 1 amide bonds. The van der Waals surface area contributed by atoms with Crippen LogP contribution in [0.3, 0.4) is 0 Å². The van der Waals surface area contributed by atoms with Gasteiger partial charge in [0.2, 0.25) is 5.91 Å². The molecule has 5 heteroatoms. The summed E-state index contributed by atoms with van der Waals surface area (Å²) in [4.78, 5) is 23.1. The second-order valence-electron chi connectivity index (χ2n) is 5.93. The van der Waals surface area contributed by atoms with Crippen molar-refractivity contribution in [1.29, 1.82) is 0 Å². The van der Waals surface area contributed by atoms with Crippen molar-refractivity contribution in [3.63, 3.8) is 0 Å². The van der Waals surface area contributed by atoms with Crippen molar-refractivity contribution < 1.29 is 14.7 Å². The van der Waals surface area contributed by atoms with Crippen LogP contribution in [0.4, 0.5) is 0 Å². The Labute approximate surface area is 114 Å². The van der Waals surface area contributed by atoms with E-state index >= 15 is 0 Å². The summed E-state index contributed by atoms with van der Waals surface area (Å²) in [5.41, 5.74) is -0.719. The third-order valence-corrected chi connectivity index (χ3v) is 4.54. The standard InChI is InChI=1S/C14H24N2O3/c17-12(9-15-11-5-1-2-6-11)16-10-14(13(18)19)7-3-4-8-14/h11,15H,1-10H2,(H,16,17)(H,18,19). The Balaban J connectivity index is 1.71. The van der Waals surface area contributed by atoms with Gasteiger partial charge in [0, 0.05) is 12.6 Å². The summed E-state index contributed by atoms with van der Waals surface area (Å²) < 4.78 is 0. The Hall–Kier alpha value is -1.10. The minimum atomic E-state index is -0.769. The molecule has 2 aliphatic carbocycles. The van der Waals surface area contributed by atoms with Crippen LogP contribution in [0, 0.1) is 5.41 Å². The second-order valence-corrected chi connectivity index (χ2v) is 5.93. The molecular weight excluding hydrogens is 244 g/mol. The van der Waals surface area contributed by atoms with Gasteiger partial charge in [0.15, 0.2) is 0 Å². The van der Waals surface area contributed by atoms with E-state index in [0.29, 0.717) is 25.4 Å². The topological polar surface area (TPSA) is 78.4 Å².